The van der Waals surface area contributed by atoms with Gasteiger partial charge in [-0.15, -0.1) is 0 Å². The van der Waals surface area contributed by atoms with Crippen LogP contribution in [0.4, 0.5) is 0 Å². The molecule has 0 amide bonds. The third-order valence-electron chi connectivity index (χ3n) is 3.11. The first-order valence-corrected chi connectivity index (χ1v) is 9.11. The van der Waals surface area contributed by atoms with E-state index in [-0.39, 0.29) is 36.0 Å². The molecule has 19 heavy (non-hydrogen) atoms. The molecule has 2 rings (SSSR count). The minimum absolute atomic E-state index is 0.00354. The molecule has 106 valence electrons. The zero-order valence-electron chi connectivity index (χ0n) is 10.3. The Morgan fingerprint density at radius 3 is 2.32 bits per heavy atom. The second-order valence-corrected chi connectivity index (χ2v) is 8.58. The molecular formula is C11H16N2O4S2. The Labute approximate surface area is 113 Å². The number of nitrogens with two attached hydrogens (primary N) is 1. The molecule has 0 unspecified atom stereocenters. The summed E-state index contributed by atoms with van der Waals surface area (Å²) in [4.78, 5) is 0.164. The first-order valence-electron chi connectivity index (χ1n) is 5.85. The summed E-state index contributed by atoms with van der Waals surface area (Å²) in [5.74, 6) is -0.256. The van der Waals surface area contributed by atoms with E-state index in [0.717, 1.165) is 0 Å². The van der Waals surface area contributed by atoms with Crippen molar-refractivity contribution in [2.45, 2.75) is 11.4 Å². The monoisotopic (exact) mass is 304 g/mol. The van der Waals surface area contributed by atoms with Crippen molar-refractivity contribution in [3.05, 3.63) is 29.8 Å². The van der Waals surface area contributed by atoms with Crippen molar-refractivity contribution in [1.29, 1.82) is 0 Å². The lowest BCUT2D eigenvalue weighted by atomic mass is 10.2. The predicted molar refractivity (Wildman–Crippen MR) is 71.7 cm³/mol. The molecule has 1 saturated heterocycles. The first kappa shape index (κ1) is 14.4. The fourth-order valence-electron chi connectivity index (χ4n) is 2.00. The maximum atomic E-state index is 12.5. The molecule has 1 aromatic rings. The third-order valence-corrected chi connectivity index (χ3v) is 6.72. The molecule has 0 bridgehead atoms. The van der Waals surface area contributed by atoms with Crippen LogP contribution in [-0.4, -0.2) is 45.7 Å². The van der Waals surface area contributed by atoms with Crippen LogP contribution in [0.25, 0.3) is 0 Å². The predicted octanol–water partition coefficient (Wildman–Crippen LogP) is -0.436. The molecule has 1 fully saturated rings. The SMILES string of the molecule is NCc1ccccc1S(=O)(=O)N1CCS(=O)(=O)CC1. The smallest absolute Gasteiger partial charge is 0.243 e. The summed E-state index contributed by atoms with van der Waals surface area (Å²) >= 11 is 0. The van der Waals surface area contributed by atoms with Crippen LogP contribution in [-0.2, 0) is 26.4 Å². The minimum Gasteiger partial charge on any atom is -0.326 e. The van der Waals surface area contributed by atoms with Crippen LogP contribution in [0.1, 0.15) is 5.56 Å². The van der Waals surface area contributed by atoms with Gasteiger partial charge in [0.25, 0.3) is 0 Å². The third kappa shape index (κ3) is 2.97. The zero-order valence-corrected chi connectivity index (χ0v) is 12.0. The highest BCUT2D eigenvalue weighted by Crippen LogP contribution is 2.21. The van der Waals surface area contributed by atoms with Crippen molar-refractivity contribution in [2.24, 2.45) is 5.73 Å². The average Bonchev–Trinajstić information content (AvgIpc) is 2.38. The van der Waals surface area contributed by atoms with E-state index < -0.39 is 19.9 Å². The lowest BCUT2D eigenvalue weighted by Gasteiger charge is -2.26. The molecule has 0 aromatic heterocycles. The van der Waals surface area contributed by atoms with E-state index in [1.54, 1.807) is 18.2 Å². The van der Waals surface area contributed by atoms with E-state index in [9.17, 15) is 16.8 Å². The Bertz CT molecular complexity index is 654. The molecule has 1 aliphatic rings. The van der Waals surface area contributed by atoms with Crippen molar-refractivity contribution in [3.63, 3.8) is 0 Å². The van der Waals surface area contributed by atoms with Gasteiger partial charge in [0, 0.05) is 19.6 Å². The highest BCUT2D eigenvalue weighted by atomic mass is 32.2. The summed E-state index contributed by atoms with van der Waals surface area (Å²) in [7, 11) is -6.77. The first-order chi connectivity index (χ1) is 8.87. The van der Waals surface area contributed by atoms with Gasteiger partial charge in [-0.3, -0.25) is 0 Å². The largest absolute Gasteiger partial charge is 0.326 e. The maximum absolute atomic E-state index is 12.5. The summed E-state index contributed by atoms with van der Waals surface area (Å²) in [5.41, 5.74) is 6.08. The van der Waals surface area contributed by atoms with Crippen LogP contribution < -0.4 is 5.73 Å². The molecule has 0 aliphatic carbocycles. The van der Waals surface area contributed by atoms with E-state index in [0.29, 0.717) is 5.56 Å². The van der Waals surface area contributed by atoms with Gasteiger partial charge in [-0.1, -0.05) is 18.2 Å². The van der Waals surface area contributed by atoms with Gasteiger partial charge in [0.15, 0.2) is 9.84 Å². The Morgan fingerprint density at radius 1 is 1.16 bits per heavy atom. The average molecular weight is 304 g/mol. The Balaban J connectivity index is 2.33. The number of nitrogens with zero attached hydrogens (tertiary/aromatic N) is 1. The standard InChI is InChI=1S/C11H16N2O4S2/c12-9-10-3-1-2-4-11(10)19(16,17)13-5-7-18(14,15)8-6-13/h1-4H,5-9,12H2. The second-order valence-electron chi connectivity index (χ2n) is 4.37. The Morgan fingerprint density at radius 2 is 1.74 bits per heavy atom. The summed E-state index contributed by atoms with van der Waals surface area (Å²) < 4.78 is 48.8. The lowest BCUT2D eigenvalue weighted by molar-refractivity contribution is 0.430. The van der Waals surface area contributed by atoms with Crippen molar-refractivity contribution >= 4 is 19.9 Å². The van der Waals surface area contributed by atoms with Crippen LogP contribution in [0.5, 0.6) is 0 Å². The highest BCUT2D eigenvalue weighted by Gasteiger charge is 2.32. The normalized spacial score (nSPS) is 20.3. The van der Waals surface area contributed by atoms with E-state index in [2.05, 4.69) is 0 Å². The summed E-state index contributed by atoms with van der Waals surface area (Å²) in [6.07, 6.45) is 0. The van der Waals surface area contributed by atoms with Gasteiger partial charge in [0.1, 0.15) is 0 Å². The molecule has 2 N–H and O–H groups in total. The number of sulfonamides is 1. The van der Waals surface area contributed by atoms with E-state index >= 15 is 0 Å². The van der Waals surface area contributed by atoms with E-state index in [4.69, 9.17) is 5.73 Å². The fourth-order valence-corrected chi connectivity index (χ4v) is 5.11. The molecule has 6 nitrogen and oxygen atoms in total. The van der Waals surface area contributed by atoms with Gasteiger partial charge < -0.3 is 5.73 Å². The quantitative estimate of drug-likeness (QED) is 0.817. The van der Waals surface area contributed by atoms with Crippen molar-refractivity contribution in [1.82, 2.24) is 4.31 Å². The zero-order chi connectivity index (χ0) is 14.1. The van der Waals surface area contributed by atoms with Gasteiger partial charge in [-0.2, -0.15) is 4.31 Å². The molecule has 8 heteroatoms. The molecule has 1 heterocycles. The van der Waals surface area contributed by atoms with E-state index in [1.165, 1.54) is 10.4 Å². The van der Waals surface area contributed by atoms with Crippen molar-refractivity contribution in [3.8, 4) is 0 Å². The molecule has 0 saturated carbocycles. The van der Waals surface area contributed by atoms with Crippen LogP contribution in [0.15, 0.2) is 29.2 Å². The van der Waals surface area contributed by atoms with Gasteiger partial charge in [-0.25, -0.2) is 16.8 Å². The van der Waals surface area contributed by atoms with Gasteiger partial charge >= 0.3 is 0 Å². The van der Waals surface area contributed by atoms with Gasteiger partial charge in [0.2, 0.25) is 10.0 Å². The number of benzene rings is 1. The van der Waals surface area contributed by atoms with Crippen LogP contribution >= 0.6 is 0 Å². The van der Waals surface area contributed by atoms with Crippen LogP contribution in [0.2, 0.25) is 0 Å². The Kier molecular flexibility index (Phi) is 3.95. The molecule has 1 aliphatic heterocycles. The molecular weight excluding hydrogens is 288 g/mol. The van der Waals surface area contributed by atoms with Crippen molar-refractivity contribution in [2.75, 3.05) is 24.6 Å². The fraction of sp³-hybridized carbons (Fsp3) is 0.455. The molecule has 0 atom stereocenters. The lowest BCUT2D eigenvalue weighted by Crippen LogP contribution is -2.43. The van der Waals surface area contributed by atoms with Crippen LogP contribution in [0, 0.1) is 0 Å². The summed E-state index contributed by atoms with van der Waals surface area (Å²) in [6, 6.07) is 6.52. The topological polar surface area (TPSA) is 97.5 Å². The van der Waals surface area contributed by atoms with E-state index in [1.807, 2.05) is 0 Å². The maximum Gasteiger partial charge on any atom is 0.243 e. The summed E-state index contributed by atoms with van der Waals surface area (Å²) in [5, 5.41) is 0. The minimum atomic E-state index is -3.67. The highest BCUT2D eigenvalue weighted by molar-refractivity contribution is 7.92. The number of rotatable bonds is 3. The molecule has 1 aromatic carbocycles. The number of hydrogen-bond acceptors (Lipinski definition) is 5. The van der Waals surface area contributed by atoms with Crippen molar-refractivity contribution < 1.29 is 16.8 Å². The molecule has 0 radical (unpaired) electrons. The molecule has 0 spiro atoms. The van der Waals surface area contributed by atoms with Crippen LogP contribution in [0.3, 0.4) is 0 Å². The van der Waals surface area contributed by atoms with Gasteiger partial charge in [-0.05, 0) is 11.6 Å². The summed E-state index contributed by atoms with van der Waals surface area (Å²) in [6.45, 7) is 0.134. The Hall–Kier alpha value is -0.960. The second kappa shape index (κ2) is 5.20. The van der Waals surface area contributed by atoms with Gasteiger partial charge in [0.05, 0.1) is 16.4 Å². The number of hydrogen-bond donors (Lipinski definition) is 1. The number of sulfone groups is 1.